The van der Waals surface area contributed by atoms with E-state index >= 15 is 0 Å². The number of carbonyl (C=O) groups excluding carboxylic acids is 2. The summed E-state index contributed by atoms with van der Waals surface area (Å²) in [5.41, 5.74) is 1.40. The van der Waals surface area contributed by atoms with Gasteiger partial charge in [-0.2, -0.15) is 5.10 Å². The Hall–Kier alpha value is -2.67. The average molecular weight is 384 g/mol. The Bertz CT molecular complexity index is 769. The van der Waals surface area contributed by atoms with Crippen LogP contribution in [0.3, 0.4) is 0 Å². The van der Waals surface area contributed by atoms with Crippen molar-refractivity contribution in [2.75, 3.05) is 26.2 Å². The van der Waals surface area contributed by atoms with Crippen molar-refractivity contribution in [1.29, 1.82) is 0 Å². The first-order valence-corrected chi connectivity index (χ1v) is 9.92. The summed E-state index contributed by atoms with van der Waals surface area (Å²) < 4.78 is 7.04. The minimum Gasteiger partial charge on any atom is -0.466 e. The lowest BCUT2D eigenvalue weighted by Gasteiger charge is -2.22. The van der Waals surface area contributed by atoms with Gasteiger partial charge in [0, 0.05) is 19.3 Å². The number of esters is 1. The molecule has 7 heteroatoms. The van der Waals surface area contributed by atoms with Crippen LogP contribution in [0, 0.1) is 5.92 Å². The molecule has 0 radical (unpaired) electrons. The van der Waals surface area contributed by atoms with E-state index in [1.165, 1.54) is 0 Å². The lowest BCUT2D eigenvalue weighted by molar-refractivity contribution is -0.147. The number of carbonyl (C=O) groups is 2. The third-order valence-electron chi connectivity index (χ3n) is 4.94. The average Bonchev–Trinajstić information content (AvgIpc) is 3.23. The summed E-state index contributed by atoms with van der Waals surface area (Å²) in [4.78, 5) is 24.8. The number of hydrogen-bond acceptors (Lipinski definition) is 5. The Balaban J connectivity index is 1.59. The standard InChI is InChI=1S/C21H28N4O3/c1-2-28-21(27)17(13-16-7-4-3-5-8-16)14-23-20(26)19-10-12-25(24-19)18-9-6-11-22-15-18/h3-5,7-8,10,12,17-18,22H,2,6,9,11,13-15H2,1H3,(H,23,26). The molecular weight excluding hydrogens is 356 g/mol. The van der Waals surface area contributed by atoms with Crippen LogP contribution >= 0.6 is 0 Å². The highest BCUT2D eigenvalue weighted by molar-refractivity contribution is 5.92. The Morgan fingerprint density at radius 3 is 2.86 bits per heavy atom. The number of nitrogens with one attached hydrogen (secondary N) is 2. The maximum Gasteiger partial charge on any atom is 0.311 e. The van der Waals surface area contributed by atoms with Crippen LogP contribution in [0.4, 0.5) is 0 Å². The van der Waals surface area contributed by atoms with E-state index in [-0.39, 0.29) is 24.5 Å². The number of rotatable bonds is 8. The van der Waals surface area contributed by atoms with Gasteiger partial charge in [0.2, 0.25) is 0 Å². The van der Waals surface area contributed by atoms with Crippen molar-refractivity contribution < 1.29 is 14.3 Å². The van der Waals surface area contributed by atoms with Crippen molar-refractivity contribution >= 4 is 11.9 Å². The molecule has 1 aromatic carbocycles. The Labute approximate surface area is 165 Å². The summed E-state index contributed by atoms with van der Waals surface area (Å²) in [6.45, 7) is 4.21. The van der Waals surface area contributed by atoms with Crippen molar-refractivity contribution in [1.82, 2.24) is 20.4 Å². The minimum absolute atomic E-state index is 0.213. The van der Waals surface area contributed by atoms with Crippen LogP contribution in [0.1, 0.15) is 41.9 Å². The van der Waals surface area contributed by atoms with Gasteiger partial charge in [-0.1, -0.05) is 30.3 Å². The van der Waals surface area contributed by atoms with Gasteiger partial charge in [0.25, 0.3) is 5.91 Å². The van der Waals surface area contributed by atoms with Crippen molar-refractivity contribution in [3.8, 4) is 0 Å². The first-order chi connectivity index (χ1) is 13.7. The SMILES string of the molecule is CCOC(=O)C(CNC(=O)c1ccn(C2CCCNC2)n1)Cc1ccccc1. The van der Waals surface area contributed by atoms with Gasteiger partial charge in [0.05, 0.1) is 18.6 Å². The van der Waals surface area contributed by atoms with Gasteiger partial charge in [-0.05, 0) is 44.4 Å². The van der Waals surface area contributed by atoms with Crippen LogP contribution in [-0.4, -0.2) is 47.9 Å². The zero-order chi connectivity index (χ0) is 19.8. The Morgan fingerprint density at radius 2 is 2.14 bits per heavy atom. The monoisotopic (exact) mass is 384 g/mol. The van der Waals surface area contributed by atoms with E-state index in [1.54, 1.807) is 13.0 Å². The van der Waals surface area contributed by atoms with Gasteiger partial charge in [-0.15, -0.1) is 0 Å². The van der Waals surface area contributed by atoms with Crippen LogP contribution in [0.25, 0.3) is 0 Å². The molecular formula is C21H28N4O3. The lowest BCUT2D eigenvalue weighted by atomic mass is 9.99. The molecule has 2 heterocycles. The molecule has 1 amide bonds. The molecule has 0 bridgehead atoms. The normalized spacial score (nSPS) is 17.7. The number of aromatic nitrogens is 2. The summed E-state index contributed by atoms with van der Waals surface area (Å²) in [6, 6.07) is 11.7. The molecule has 2 N–H and O–H groups in total. The smallest absolute Gasteiger partial charge is 0.311 e. The fourth-order valence-corrected chi connectivity index (χ4v) is 3.43. The Kier molecular flexibility index (Phi) is 7.19. The first kappa shape index (κ1) is 20.1. The Morgan fingerprint density at radius 1 is 1.32 bits per heavy atom. The molecule has 0 aliphatic carbocycles. The summed E-state index contributed by atoms with van der Waals surface area (Å²) in [6.07, 6.45) is 4.52. The second kappa shape index (κ2) is 10.0. The predicted octanol–water partition coefficient (Wildman–Crippen LogP) is 1.96. The fourth-order valence-electron chi connectivity index (χ4n) is 3.43. The molecule has 1 aromatic heterocycles. The van der Waals surface area contributed by atoms with E-state index in [4.69, 9.17) is 4.74 Å². The minimum atomic E-state index is -0.434. The molecule has 7 nitrogen and oxygen atoms in total. The predicted molar refractivity (Wildman–Crippen MR) is 106 cm³/mol. The molecule has 1 aliphatic rings. The number of nitrogens with zero attached hydrogens (tertiary/aromatic N) is 2. The first-order valence-electron chi connectivity index (χ1n) is 9.92. The molecule has 28 heavy (non-hydrogen) atoms. The van der Waals surface area contributed by atoms with Crippen LogP contribution in [-0.2, 0) is 16.0 Å². The van der Waals surface area contributed by atoms with Gasteiger partial charge in [-0.3, -0.25) is 14.3 Å². The summed E-state index contributed by atoms with van der Waals surface area (Å²) in [5, 5.41) is 10.6. The van der Waals surface area contributed by atoms with E-state index in [1.807, 2.05) is 41.2 Å². The maximum absolute atomic E-state index is 12.5. The quantitative estimate of drug-likeness (QED) is 0.680. The molecule has 2 aromatic rings. The van der Waals surface area contributed by atoms with E-state index in [0.717, 1.165) is 31.5 Å². The van der Waals surface area contributed by atoms with E-state index in [2.05, 4.69) is 15.7 Å². The van der Waals surface area contributed by atoms with Crippen LogP contribution in [0.15, 0.2) is 42.6 Å². The maximum atomic E-state index is 12.5. The van der Waals surface area contributed by atoms with Crippen LogP contribution < -0.4 is 10.6 Å². The number of hydrogen-bond donors (Lipinski definition) is 2. The van der Waals surface area contributed by atoms with Crippen LogP contribution in [0.2, 0.25) is 0 Å². The molecule has 0 saturated carbocycles. The van der Waals surface area contributed by atoms with Crippen molar-refractivity contribution in [2.24, 2.45) is 5.92 Å². The highest BCUT2D eigenvalue weighted by Gasteiger charge is 2.23. The molecule has 1 fully saturated rings. The lowest BCUT2D eigenvalue weighted by Crippen LogP contribution is -2.35. The second-order valence-corrected chi connectivity index (χ2v) is 7.03. The second-order valence-electron chi connectivity index (χ2n) is 7.03. The van der Waals surface area contributed by atoms with E-state index in [0.29, 0.717) is 18.7 Å². The molecule has 0 spiro atoms. The third kappa shape index (κ3) is 5.42. The highest BCUT2D eigenvalue weighted by atomic mass is 16.5. The van der Waals surface area contributed by atoms with Crippen LogP contribution in [0.5, 0.6) is 0 Å². The largest absolute Gasteiger partial charge is 0.466 e. The van der Waals surface area contributed by atoms with Crippen molar-refractivity contribution in [3.63, 3.8) is 0 Å². The summed E-state index contributed by atoms with van der Waals surface area (Å²) >= 11 is 0. The topological polar surface area (TPSA) is 85.2 Å². The summed E-state index contributed by atoms with van der Waals surface area (Å²) in [5.74, 6) is -1.01. The molecule has 1 aliphatic heterocycles. The number of piperidine rings is 1. The fraction of sp³-hybridized carbons (Fsp3) is 0.476. The number of amides is 1. The zero-order valence-electron chi connectivity index (χ0n) is 16.3. The van der Waals surface area contributed by atoms with E-state index in [9.17, 15) is 9.59 Å². The molecule has 3 rings (SSSR count). The summed E-state index contributed by atoms with van der Waals surface area (Å²) in [7, 11) is 0. The van der Waals surface area contributed by atoms with Gasteiger partial charge in [0.1, 0.15) is 5.69 Å². The van der Waals surface area contributed by atoms with Gasteiger partial charge in [0.15, 0.2) is 0 Å². The van der Waals surface area contributed by atoms with Gasteiger partial charge < -0.3 is 15.4 Å². The molecule has 2 atom stereocenters. The molecule has 2 unspecified atom stereocenters. The third-order valence-corrected chi connectivity index (χ3v) is 4.94. The molecule has 150 valence electrons. The highest BCUT2D eigenvalue weighted by Crippen LogP contribution is 2.16. The molecule has 1 saturated heterocycles. The number of benzene rings is 1. The van der Waals surface area contributed by atoms with Crippen molar-refractivity contribution in [3.05, 3.63) is 53.9 Å². The van der Waals surface area contributed by atoms with Gasteiger partial charge >= 0.3 is 5.97 Å². The number of ether oxygens (including phenoxy) is 1. The zero-order valence-corrected chi connectivity index (χ0v) is 16.3. The van der Waals surface area contributed by atoms with E-state index < -0.39 is 5.92 Å². The van der Waals surface area contributed by atoms with Crippen molar-refractivity contribution in [2.45, 2.75) is 32.2 Å². The van der Waals surface area contributed by atoms with Gasteiger partial charge in [-0.25, -0.2) is 0 Å².